The van der Waals surface area contributed by atoms with Gasteiger partial charge in [-0.1, -0.05) is 36.0 Å². The molecule has 1 N–H and O–H groups in total. The number of aromatic nitrogens is 3. The molecule has 0 aliphatic heterocycles. The van der Waals surface area contributed by atoms with E-state index in [1.54, 1.807) is 6.08 Å². The standard InChI is InChI=1S/C22H22F2N4O2S/c1-4-11-28-21(15(3)30-19-8-6-5-7-14(19)2)26-27-22(28)31-13-20(29)25-18-10-9-16(23)12-17(18)24/h4-10,12,15H,1,11,13H2,2-3H3,(H,25,29). The molecule has 1 heterocycles. The summed E-state index contributed by atoms with van der Waals surface area (Å²) in [6.45, 7) is 8.02. The zero-order valence-corrected chi connectivity index (χ0v) is 18.0. The molecule has 1 unspecified atom stereocenters. The SMILES string of the molecule is C=CCn1c(SCC(=O)Nc2ccc(F)cc2F)nnc1C(C)Oc1ccccc1C. The van der Waals surface area contributed by atoms with Crippen LogP contribution in [0.5, 0.6) is 5.75 Å². The molecule has 0 radical (unpaired) electrons. The largest absolute Gasteiger partial charge is 0.482 e. The van der Waals surface area contributed by atoms with E-state index in [4.69, 9.17) is 4.74 Å². The van der Waals surface area contributed by atoms with E-state index in [0.717, 1.165) is 29.1 Å². The predicted molar refractivity (Wildman–Crippen MR) is 116 cm³/mol. The van der Waals surface area contributed by atoms with Gasteiger partial charge in [0.15, 0.2) is 17.1 Å². The second kappa shape index (κ2) is 10.2. The monoisotopic (exact) mass is 444 g/mol. The molecule has 9 heteroatoms. The van der Waals surface area contributed by atoms with Crippen molar-refractivity contribution >= 4 is 23.4 Å². The number of thioether (sulfide) groups is 1. The topological polar surface area (TPSA) is 69.0 Å². The average molecular weight is 445 g/mol. The number of nitrogens with one attached hydrogen (secondary N) is 1. The molecule has 0 fully saturated rings. The maximum atomic E-state index is 13.7. The van der Waals surface area contributed by atoms with Crippen LogP contribution in [0.15, 0.2) is 60.3 Å². The van der Waals surface area contributed by atoms with Gasteiger partial charge in [0.2, 0.25) is 5.91 Å². The molecule has 0 aliphatic rings. The number of benzene rings is 2. The number of rotatable bonds is 9. The molecule has 1 aromatic heterocycles. The van der Waals surface area contributed by atoms with Gasteiger partial charge in [0.25, 0.3) is 0 Å². The number of carbonyl (C=O) groups excluding carboxylic acids is 1. The van der Waals surface area contributed by atoms with Crippen LogP contribution in [0.1, 0.15) is 24.4 Å². The lowest BCUT2D eigenvalue weighted by molar-refractivity contribution is -0.113. The highest BCUT2D eigenvalue weighted by Gasteiger charge is 2.20. The number of aryl methyl sites for hydroxylation is 1. The highest BCUT2D eigenvalue weighted by molar-refractivity contribution is 7.99. The summed E-state index contributed by atoms with van der Waals surface area (Å²) in [6.07, 6.45) is 1.32. The number of nitrogens with zero attached hydrogens (tertiary/aromatic N) is 3. The van der Waals surface area contributed by atoms with Crippen LogP contribution in [0.2, 0.25) is 0 Å². The van der Waals surface area contributed by atoms with Gasteiger partial charge in [-0.2, -0.15) is 0 Å². The van der Waals surface area contributed by atoms with E-state index in [-0.39, 0.29) is 17.5 Å². The lowest BCUT2D eigenvalue weighted by atomic mass is 10.2. The summed E-state index contributed by atoms with van der Waals surface area (Å²) in [4.78, 5) is 12.2. The van der Waals surface area contributed by atoms with E-state index in [9.17, 15) is 13.6 Å². The average Bonchev–Trinajstić information content (AvgIpc) is 3.13. The first kappa shape index (κ1) is 22.5. The number of hydrogen-bond donors (Lipinski definition) is 1. The minimum Gasteiger partial charge on any atom is -0.482 e. The van der Waals surface area contributed by atoms with Crippen molar-refractivity contribution in [1.82, 2.24) is 14.8 Å². The number of amides is 1. The summed E-state index contributed by atoms with van der Waals surface area (Å²) in [7, 11) is 0. The van der Waals surface area contributed by atoms with Gasteiger partial charge in [-0.3, -0.25) is 9.36 Å². The Morgan fingerprint density at radius 2 is 2.06 bits per heavy atom. The molecule has 3 rings (SSSR count). The van der Waals surface area contributed by atoms with E-state index in [1.807, 2.05) is 42.7 Å². The van der Waals surface area contributed by atoms with E-state index in [0.29, 0.717) is 23.6 Å². The number of allylic oxidation sites excluding steroid dienone is 1. The first-order chi connectivity index (χ1) is 14.9. The van der Waals surface area contributed by atoms with Crippen LogP contribution < -0.4 is 10.1 Å². The maximum Gasteiger partial charge on any atom is 0.234 e. The molecule has 0 spiro atoms. The molecule has 0 bridgehead atoms. The second-order valence-electron chi connectivity index (χ2n) is 6.73. The summed E-state index contributed by atoms with van der Waals surface area (Å²) in [5, 5.41) is 11.3. The lowest BCUT2D eigenvalue weighted by Gasteiger charge is -2.17. The molecule has 6 nitrogen and oxygen atoms in total. The maximum absolute atomic E-state index is 13.7. The van der Waals surface area contributed by atoms with Crippen molar-refractivity contribution in [3.63, 3.8) is 0 Å². The quantitative estimate of drug-likeness (QED) is 0.375. The fourth-order valence-corrected chi connectivity index (χ4v) is 3.60. The zero-order valence-electron chi connectivity index (χ0n) is 17.1. The van der Waals surface area contributed by atoms with Gasteiger partial charge in [-0.25, -0.2) is 8.78 Å². The highest BCUT2D eigenvalue weighted by atomic mass is 32.2. The van der Waals surface area contributed by atoms with Gasteiger partial charge < -0.3 is 10.1 Å². The smallest absolute Gasteiger partial charge is 0.234 e. The Bertz CT molecular complexity index is 1090. The third-order valence-electron chi connectivity index (χ3n) is 4.36. The highest BCUT2D eigenvalue weighted by Crippen LogP contribution is 2.26. The van der Waals surface area contributed by atoms with E-state index >= 15 is 0 Å². The minimum absolute atomic E-state index is 0.0286. The molecule has 162 valence electrons. The predicted octanol–water partition coefficient (Wildman–Crippen LogP) is 4.92. The zero-order chi connectivity index (χ0) is 22.4. The van der Waals surface area contributed by atoms with Gasteiger partial charge in [0, 0.05) is 12.6 Å². The Labute approximate surface area is 183 Å². The summed E-state index contributed by atoms with van der Waals surface area (Å²) >= 11 is 1.15. The fourth-order valence-electron chi connectivity index (χ4n) is 2.85. The first-order valence-electron chi connectivity index (χ1n) is 9.53. The van der Waals surface area contributed by atoms with Crippen LogP contribution in [-0.2, 0) is 11.3 Å². The Kier molecular flexibility index (Phi) is 7.41. The van der Waals surface area contributed by atoms with Gasteiger partial charge in [-0.15, -0.1) is 16.8 Å². The third kappa shape index (κ3) is 5.69. The summed E-state index contributed by atoms with van der Waals surface area (Å²) in [5.41, 5.74) is 0.920. The lowest BCUT2D eigenvalue weighted by Crippen LogP contribution is -2.16. The molecule has 31 heavy (non-hydrogen) atoms. The molecule has 1 amide bonds. The van der Waals surface area contributed by atoms with Crippen LogP contribution in [0, 0.1) is 18.6 Å². The van der Waals surface area contributed by atoms with E-state index < -0.39 is 17.5 Å². The molecule has 0 aliphatic carbocycles. The van der Waals surface area contributed by atoms with Crippen LogP contribution in [0.25, 0.3) is 0 Å². The molecular weight excluding hydrogens is 422 g/mol. The summed E-state index contributed by atoms with van der Waals surface area (Å²) < 4.78 is 34.6. The first-order valence-corrected chi connectivity index (χ1v) is 10.5. The van der Waals surface area contributed by atoms with Gasteiger partial charge >= 0.3 is 0 Å². The van der Waals surface area contributed by atoms with Crippen molar-refractivity contribution in [2.24, 2.45) is 0 Å². The van der Waals surface area contributed by atoms with Crippen molar-refractivity contribution < 1.29 is 18.3 Å². The van der Waals surface area contributed by atoms with Crippen molar-refractivity contribution in [2.45, 2.75) is 31.7 Å². The minimum atomic E-state index is -0.836. The number of anilines is 1. The van der Waals surface area contributed by atoms with Crippen molar-refractivity contribution in [3.05, 3.63) is 78.1 Å². The molecule has 0 saturated heterocycles. The number of para-hydroxylation sites is 1. The van der Waals surface area contributed by atoms with Crippen molar-refractivity contribution in [1.29, 1.82) is 0 Å². The van der Waals surface area contributed by atoms with Gasteiger partial charge in [0.1, 0.15) is 17.4 Å². The summed E-state index contributed by atoms with van der Waals surface area (Å²) in [5.74, 6) is -0.684. The molecule has 0 saturated carbocycles. The van der Waals surface area contributed by atoms with E-state index in [2.05, 4.69) is 22.1 Å². The van der Waals surface area contributed by atoms with Crippen molar-refractivity contribution in [2.75, 3.05) is 11.1 Å². The molecular formula is C22H22F2N4O2S. The van der Waals surface area contributed by atoms with Crippen molar-refractivity contribution in [3.8, 4) is 5.75 Å². The normalized spacial score (nSPS) is 11.7. The summed E-state index contributed by atoms with van der Waals surface area (Å²) in [6, 6.07) is 10.6. The third-order valence-corrected chi connectivity index (χ3v) is 5.32. The Balaban J connectivity index is 1.69. The number of halogens is 2. The van der Waals surface area contributed by atoms with Crippen LogP contribution in [-0.4, -0.2) is 26.4 Å². The Morgan fingerprint density at radius 1 is 1.29 bits per heavy atom. The Hall–Kier alpha value is -3.20. The van der Waals surface area contributed by atoms with Crippen LogP contribution in [0.3, 0.4) is 0 Å². The fraction of sp³-hybridized carbons (Fsp3) is 0.227. The van der Waals surface area contributed by atoms with Gasteiger partial charge in [0.05, 0.1) is 11.4 Å². The van der Waals surface area contributed by atoms with E-state index in [1.165, 1.54) is 6.07 Å². The number of ether oxygens (including phenoxy) is 1. The van der Waals surface area contributed by atoms with Crippen LogP contribution >= 0.6 is 11.8 Å². The van der Waals surface area contributed by atoms with Crippen LogP contribution in [0.4, 0.5) is 14.5 Å². The second-order valence-corrected chi connectivity index (χ2v) is 7.67. The number of carbonyl (C=O) groups is 1. The molecule has 1 atom stereocenters. The Morgan fingerprint density at radius 3 is 2.77 bits per heavy atom. The molecule has 3 aromatic rings. The van der Waals surface area contributed by atoms with Gasteiger partial charge in [-0.05, 0) is 37.6 Å². The number of hydrogen-bond acceptors (Lipinski definition) is 5. The molecule has 2 aromatic carbocycles.